The van der Waals surface area contributed by atoms with Crippen LogP contribution >= 0.6 is 0 Å². The highest BCUT2D eigenvalue weighted by molar-refractivity contribution is 5.02. The Morgan fingerprint density at radius 1 is 1.38 bits per heavy atom. The molecule has 0 radical (unpaired) electrons. The Balaban J connectivity index is 4.43. The van der Waals surface area contributed by atoms with Crippen LogP contribution in [-0.2, 0) is 0 Å². The fourth-order valence-corrected chi connectivity index (χ4v) is 0.840. The number of nitrogens with two attached hydrogens (primary N) is 1. The molecule has 4 heteroatoms. The van der Waals surface area contributed by atoms with Gasteiger partial charge in [-0.1, -0.05) is 26.0 Å². The van der Waals surface area contributed by atoms with Gasteiger partial charge in [-0.3, -0.25) is 0 Å². The molecular weight excluding hydrogens is 179 g/mol. The maximum absolute atomic E-state index is 12.4. The molecule has 0 amide bonds. The van der Waals surface area contributed by atoms with Crippen LogP contribution in [0.25, 0.3) is 0 Å². The van der Waals surface area contributed by atoms with Crippen molar-refractivity contribution >= 4 is 0 Å². The summed E-state index contributed by atoms with van der Waals surface area (Å²) in [6.45, 7) is 7.46. The highest BCUT2D eigenvalue weighted by Crippen LogP contribution is 2.41. The van der Waals surface area contributed by atoms with Crippen LogP contribution in [0.4, 0.5) is 13.2 Å². The molecule has 0 rings (SSSR count). The summed E-state index contributed by atoms with van der Waals surface area (Å²) in [5.41, 5.74) is 4.34. The minimum atomic E-state index is -4.21. The molecule has 0 aromatic carbocycles. The minimum absolute atomic E-state index is 0.119. The van der Waals surface area contributed by atoms with Gasteiger partial charge < -0.3 is 5.73 Å². The van der Waals surface area contributed by atoms with E-state index in [1.165, 1.54) is 0 Å². The predicted octanol–water partition coefficient (Wildman–Crippen LogP) is 2.87. The first-order valence-electron chi connectivity index (χ1n) is 4.05. The molecule has 0 bridgehead atoms. The zero-order valence-corrected chi connectivity index (χ0v) is 8.20. The van der Waals surface area contributed by atoms with Gasteiger partial charge in [0.1, 0.15) is 0 Å². The molecule has 1 nitrogen and oxygen atoms in total. The van der Waals surface area contributed by atoms with Gasteiger partial charge in [-0.05, 0) is 13.3 Å². The van der Waals surface area contributed by atoms with E-state index >= 15 is 0 Å². The van der Waals surface area contributed by atoms with Crippen molar-refractivity contribution in [3.63, 3.8) is 0 Å². The maximum atomic E-state index is 12.4. The lowest BCUT2D eigenvalue weighted by Crippen LogP contribution is -2.38. The fourth-order valence-electron chi connectivity index (χ4n) is 0.840. The number of halogens is 3. The zero-order chi connectivity index (χ0) is 10.9. The van der Waals surface area contributed by atoms with Crippen molar-refractivity contribution in [2.24, 2.45) is 11.1 Å². The first-order chi connectivity index (χ1) is 5.58. The van der Waals surface area contributed by atoms with Gasteiger partial charge in [0, 0.05) is 6.04 Å². The summed E-state index contributed by atoms with van der Waals surface area (Å²) in [6, 6.07) is -0.586. The Morgan fingerprint density at radius 3 is 2.00 bits per heavy atom. The Morgan fingerprint density at radius 2 is 1.77 bits per heavy atom. The van der Waals surface area contributed by atoms with Gasteiger partial charge in [-0.15, -0.1) is 0 Å². The molecule has 0 heterocycles. The SMILES string of the molecule is C=C(C)C(N)CC(C)(C)C(F)(F)F. The second kappa shape index (κ2) is 3.70. The summed E-state index contributed by atoms with van der Waals surface area (Å²) >= 11 is 0. The molecule has 0 spiro atoms. The molecule has 78 valence electrons. The van der Waals surface area contributed by atoms with E-state index in [1.807, 2.05) is 0 Å². The van der Waals surface area contributed by atoms with Gasteiger partial charge in [0.15, 0.2) is 0 Å². The largest absolute Gasteiger partial charge is 0.394 e. The molecule has 0 aliphatic heterocycles. The topological polar surface area (TPSA) is 26.0 Å². The highest BCUT2D eigenvalue weighted by Gasteiger charge is 2.47. The van der Waals surface area contributed by atoms with Crippen molar-refractivity contribution in [3.05, 3.63) is 12.2 Å². The van der Waals surface area contributed by atoms with Crippen molar-refractivity contribution in [3.8, 4) is 0 Å². The highest BCUT2D eigenvalue weighted by atomic mass is 19.4. The molecule has 0 aliphatic carbocycles. The van der Waals surface area contributed by atoms with E-state index in [2.05, 4.69) is 6.58 Å². The molecule has 0 saturated carbocycles. The number of rotatable bonds is 3. The summed E-state index contributed by atoms with van der Waals surface area (Å²) in [7, 11) is 0. The molecule has 0 aliphatic rings. The van der Waals surface area contributed by atoms with E-state index in [0.29, 0.717) is 5.57 Å². The van der Waals surface area contributed by atoms with E-state index in [-0.39, 0.29) is 6.42 Å². The smallest absolute Gasteiger partial charge is 0.324 e. The predicted molar refractivity (Wildman–Crippen MR) is 47.2 cm³/mol. The fraction of sp³-hybridized carbons (Fsp3) is 0.778. The number of alkyl halides is 3. The number of hydrogen-bond acceptors (Lipinski definition) is 1. The average Bonchev–Trinajstić information content (AvgIpc) is 1.83. The van der Waals surface area contributed by atoms with Gasteiger partial charge in [0.05, 0.1) is 5.41 Å². The van der Waals surface area contributed by atoms with Crippen molar-refractivity contribution < 1.29 is 13.2 Å². The third kappa shape index (κ3) is 3.38. The molecular formula is C9H16F3N. The second-order valence-electron chi connectivity index (χ2n) is 4.04. The maximum Gasteiger partial charge on any atom is 0.394 e. The van der Waals surface area contributed by atoms with E-state index in [4.69, 9.17) is 5.73 Å². The van der Waals surface area contributed by atoms with E-state index < -0.39 is 17.6 Å². The van der Waals surface area contributed by atoms with E-state index in [9.17, 15) is 13.2 Å². The van der Waals surface area contributed by atoms with Crippen LogP contribution in [0.1, 0.15) is 27.2 Å². The molecule has 1 unspecified atom stereocenters. The lowest BCUT2D eigenvalue weighted by atomic mass is 9.83. The van der Waals surface area contributed by atoms with E-state index in [0.717, 1.165) is 13.8 Å². The van der Waals surface area contributed by atoms with Gasteiger partial charge in [0.25, 0.3) is 0 Å². The van der Waals surface area contributed by atoms with Crippen molar-refractivity contribution in [1.82, 2.24) is 0 Å². The summed E-state index contributed by atoms with van der Waals surface area (Å²) < 4.78 is 37.1. The van der Waals surface area contributed by atoms with E-state index in [1.54, 1.807) is 6.92 Å². The lowest BCUT2D eigenvalue weighted by molar-refractivity contribution is -0.214. The first-order valence-corrected chi connectivity index (χ1v) is 4.05. The normalized spacial score (nSPS) is 15.6. The van der Waals surface area contributed by atoms with Crippen LogP contribution in [0.3, 0.4) is 0 Å². The summed E-state index contributed by atoms with van der Waals surface area (Å²) in [4.78, 5) is 0. The van der Waals surface area contributed by atoms with Crippen LogP contribution in [-0.4, -0.2) is 12.2 Å². The standard InChI is InChI=1S/C9H16F3N/c1-6(2)7(13)5-8(3,4)9(10,11)12/h7H,1,5,13H2,2-4H3. The Labute approximate surface area is 76.8 Å². The quantitative estimate of drug-likeness (QED) is 0.688. The molecule has 0 aromatic heterocycles. The number of hydrogen-bond donors (Lipinski definition) is 1. The molecule has 0 saturated heterocycles. The first kappa shape index (κ1) is 12.5. The summed E-state index contributed by atoms with van der Waals surface area (Å²) in [5, 5.41) is 0. The Bertz CT molecular complexity index is 194. The van der Waals surface area contributed by atoms with Crippen LogP contribution in [0.15, 0.2) is 12.2 Å². The zero-order valence-electron chi connectivity index (χ0n) is 8.20. The lowest BCUT2D eigenvalue weighted by Gasteiger charge is -2.30. The molecule has 0 fully saturated rings. The third-order valence-electron chi connectivity index (χ3n) is 2.13. The van der Waals surface area contributed by atoms with Crippen LogP contribution in [0, 0.1) is 5.41 Å². The molecule has 0 aromatic rings. The van der Waals surface area contributed by atoms with Gasteiger partial charge in [-0.2, -0.15) is 13.2 Å². The summed E-state index contributed by atoms with van der Waals surface area (Å²) in [5.74, 6) is 0. The molecule has 1 atom stereocenters. The average molecular weight is 195 g/mol. The Hall–Kier alpha value is -0.510. The summed E-state index contributed by atoms with van der Waals surface area (Å²) in [6.07, 6.45) is -4.33. The van der Waals surface area contributed by atoms with Gasteiger partial charge in [-0.25, -0.2) is 0 Å². The van der Waals surface area contributed by atoms with Crippen molar-refractivity contribution in [2.45, 2.75) is 39.4 Å². The van der Waals surface area contributed by atoms with Gasteiger partial charge in [0.2, 0.25) is 0 Å². The molecule has 13 heavy (non-hydrogen) atoms. The third-order valence-corrected chi connectivity index (χ3v) is 2.13. The van der Waals surface area contributed by atoms with Crippen LogP contribution < -0.4 is 5.73 Å². The monoisotopic (exact) mass is 195 g/mol. The van der Waals surface area contributed by atoms with Crippen LogP contribution in [0.2, 0.25) is 0 Å². The van der Waals surface area contributed by atoms with Crippen molar-refractivity contribution in [2.75, 3.05) is 0 Å². The second-order valence-corrected chi connectivity index (χ2v) is 4.04. The minimum Gasteiger partial charge on any atom is -0.324 e. The van der Waals surface area contributed by atoms with Gasteiger partial charge >= 0.3 is 6.18 Å². The van der Waals surface area contributed by atoms with Crippen molar-refractivity contribution in [1.29, 1.82) is 0 Å². The Kier molecular flexibility index (Phi) is 3.55. The molecule has 2 N–H and O–H groups in total. The van der Waals surface area contributed by atoms with Crippen LogP contribution in [0.5, 0.6) is 0 Å².